The van der Waals surface area contributed by atoms with Crippen LogP contribution in [0.25, 0.3) is 21.0 Å². The van der Waals surface area contributed by atoms with Gasteiger partial charge in [-0.15, -0.1) is 11.3 Å². The smallest absolute Gasteiger partial charge is 0.339 e. The number of epoxide rings is 1. The Morgan fingerprint density at radius 2 is 1.77 bits per heavy atom. The number of ether oxygens (including phenoxy) is 4. The van der Waals surface area contributed by atoms with Crippen molar-refractivity contribution in [3.8, 4) is 5.75 Å². The Bertz CT molecular complexity index is 2430. The molecule has 3 aromatic carbocycles. The van der Waals surface area contributed by atoms with Gasteiger partial charge in [-0.1, -0.05) is 49.6 Å². The number of ketones is 1. The van der Waals surface area contributed by atoms with Crippen LogP contribution in [0, 0.1) is 6.92 Å². The average molecular weight is 888 g/mol. The Hall–Kier alpha value is -5.53. The van der Waals surface area contributed by atoms with Gasteiger partial charge in [-0.25, -0.2) is 9.78 Å². The molecule has 1 saturated carbocycles. The number of fused-ring (bicyclic) bond motifs is 3. The minimum atomic E-state index is -1.58. The summed E-state index contributed by atoms with van der Waals surface area (Å²) in [5.41, 5.74) is -0.131. The zero-order valence-corrected chi connectivity index (χ0v) is 36.5. The van der Waals surface area contributed by atoms with Crippen molar-refractivity contribution in [3.05, 3.63) is 89.1 Å². The predicted octanol–water partition coefficient (Wildman–Crippen LogP) is 5.12. The van der Waals surface area contributed by atoms with E-state index in [0.29, 0.717) is 23.4 Å². The van der Waals surface area contributed by atoms with E-state index < -0.39 is 70.9 Å². The zero-order chi connectivity index (χ0) is 44.3. The minimum Gasteiger partial charge on any atom is -0.513 e. The standard InChI is InChI=1S/C31H33N3O11.C13H16N2S2/c1-14-7-6-8-18-19(14)9-17(42-5)10-20(18)30(41)45-27(31(4)13-43-31)29(40)33-23(28(39)32-21(12-35)15(2)36)24-26(44-16(3)37)25(38)22-11-34(22)24;1-2-6-10(7-3-1)15-17-13-14-11-8-4-5-9-12(11)16-13/h6-10,12,22,25-27,35,38H,11,13H2,1-5H3,(H,32,39)(H,33,40);4-5,8-10,15H,1-3,6-7H2/b21-12-,24-23+;/t22-,25+,26+,27+,31-,34?;/m0./s1. The summed E-state index contributed by atoms with van der Waals surface area (Å²) in [6.45, 7) is 5.99. The number of aryl methyl sites for hydroxylation is 1. The number of carbonyl (C=O) groups is 5. The molecule has 0 spiro atoms. The van der Waals surface area contributed by atoms with Crippen LogP contribution in [-0.2, 0) is 33.4 Å². The molecule has 0 bridgehead atoms. The van der Waals surface area contributed by atoms with E-state index in [9.17, 15) is 34.2 Å². The molecule has 4 fully saturated rings. The number of hydrogen-bond acceptors (Lipinski definition) is 16. The molecule has 4 aromatic rings. The van der Waals surface area contributed by atoms with Gasteiger partial charge in [0.1, 0.15) is 35.1 Å². The van der Waals surface area contributed by atoms with Crippen molar-refractivity contribution in [2.24, 2.45) is 0 Å². The Balaban J connectivity index is 0.000000281. The molecule has 1 aromatic heterocycles. The van der Waals surface area contributed by atoms with E-state index in [1.54, 1.807) is 53.3 Å². The van der Waals surface area contributed by atoms with Crippen LogP contribution in [0.2, 0.25) is 0 Å². The molecule has 2 amide bonds. The number of carbonyl (C=O) groups excluding carboxylic acids is 5. The minimum absolute atomic E-state index is 0.0319. The van der Waals surface area contributed by atoms with Crippen LogP contribution in [0.3, 0.4) is 0 Å². The van der Waals surface area contributed by atoms with E-state index in [-0.39, 0.29) is 24.4 Å². The first kappa shape index (κ1) is 44.5. The first-order chi connectivity index (χ1) is 29.7. The summed E-state index contributed by atoms with van der Waals surface area (Å²) < 4.78 is 27.9. The van der Waals surface area contributed by atoms with Gasteiger partial charge < -0.3 is 44.7 Å². The number of allylic oxidation sites excluding steroid dienone is 1. The molecule has 16 nitrogen and oxygen atoms in total. The van der Waals surface area contributed by atoms with Crippen molar-refractivity contribution in [1.82, 2.24) is 25.2 Å². The molecule has 18 heteroatoms. The van der Waals surface area contributed by atoms with E-state index in [4.69, 9.17) is 18.9 Å². The maximum Gasteiger partial charge on any atom is 0.339 e. The Morgan fingerprint density at radius 3 is 2.44 bits per heavy atom. The second-order valence-electron chi connectivity index (χ2n) is 15.8. The largest absolute Gasteiger partial charge is 0.513 e. The van der Waals surface area contributed by atoms with Crippen molar-refractivity contribution < 1.29 is 53.1 Å². The number of esters is 2. The van der Waals surface area contributed by atoms with E-state index in [1.807, 2.05) is 19.1 Å². The molecular formula is C44H49N5O11S2. The normalized spacial score (nSPS) is 23.0. The Kier molecular flexibility index (Phi) is 13.5. The summed E-state index contributed by atoms with van der Waals surface area (Å²) in [7, 11) is 1.46. The highest BCUT2D eigenvalue weighted by Crippen LogP contribution is 2.42. The molecule has 8 rings (SSSR count). The molecule has 4 aliphatic rings. The van der Waals surface area contributed by atoms with E-state index >= 15 is 0 Å². The van der Waals surface area contributed by atoms with Crippen LogP contribution in [0.5, 0.6) is 5.75 Å². The maximum atomic E-state index is 13.9. The first-order valence-corrected chi connectivity index (χ1v) is 21.9. The van der Waals surface area contributed by atoms with Crippen molar-refractivity contribution in [2.75, 3.05) is 20.3 Å². The molecule has 0 unspecified atom stereocenters. The number of benzene rings is 3. The number of thiazole rings is 1. The number of amides is 2. The van der Waals surface area contributed by atoms with E-state index in [0.717, 1.165) is 34.7 Å². The van der Waals surface area contributed by atoms with Crippen LogP contribution in [0.15, 0.2) is 82.3 Å². The lowest BCUT2D eigenvalue weighted by molar-refractivity contribution is -0.148. The summed E-state index contributed by atoms with van der Waals surface area (Å²) in [6, 6.07) is 17.2. The molecule has 3 aliphatic heterocycles. The van der Waals surface area contributed by atoms with Gasteiger partial charge in [-0.2, -0.15) is 0 Å². The Labute approximate surface area is 366 Å². The molecule has 5 N–H and O–H groups in total. The fraction of sp³-hybridized carbons (Fsp3) is 0.409. The van der Waals surface area contributed by atoms with Gasteiger partial charge in [-0.05, 0) is 79.2 Å². The van der Waals surface area contributed by atoms with Gasteiger partial charge in [0.05, 0.1) is 41.2 Å². The third-order valence-electron chi connectivity index (χ3n) is 11.2. The molecule has 328 valence electrons. The number of nitrogens with one attached hydrogen (secondary N) is 3. The lowest BCUT2D eigenvalue weighted by Gasteiger charge is -2.25. The number of para-hydroxylation sites is 1. The topological polar surface area (TPSA) is 218 Å². The molecule has 5 atom stereocenters. The number of piperidine rings is 1. The fourth-order valence-electron chi connectivity index (χ4n) is 7.60. The third-order valence-corrected chi connectivity index (χ3v) is 13.2. The number of rotatable bonds is 13. The number of nitrogens with zero attached hydrogens (tertiary/aromatic N) is 2. The van der Waals surface area contributed by atoms with Crippen LogP contribution in [-0.4, -0.2) is 106 Å². The average Bonchev–Trinajstić information content (AvgIpc) is 4.15. The maximum absolute atomic E-state index is 13.9. The summed E-state index contributed by atoms with van der Waals surface area (Å²) in [4.78, 5) is 71.1. The molecule has 3 saturated heterocycles. The predicted molar refractivity (Wildman–Crippen MR) is 231 cm³/mol. The quantitative estimate of drug-likeness (QED) is 0.0387. The summed E-state index contributed by atoms with van der Waals surface area (Å²) in [6.07, 6.45) is 3.05. The van der Waals surface area contributed by atoms with Gasteiger partial charge in [0.15, 0.2) is 16.2 Å². The third kappa shape index (κ3) is 9.89. The summed E-state index contributed by atoms with van der Waals surface area (Å²) in [5, 5.41) is 26.2. The number of aromatic nitrogens is 1. The molecule has 62 heavy (non-hydrogen) atoms. The second-order valence-corrected chi connectivity index (χ2v) is 17.9. The number of aliphatic hydroxyl groups is 2. The highest BCUT2D eigenvalue weighted by Gasteiger charge is 2.59. The van der Waals surface area contributed by atoms with E-state index in [2.05, 4.69) is 38.5 Å². The van der Waals surface area contributed by atoms with Gasteiger partial charge in [0.25, 0.3) is 11.8 Å². The van der Waals surface area contributed by atoms with Crippen LogP contribution in [0.1, 0.15) is 68.8 Å². The van der Waals surface area contributed by atoms with Crippen molar-refractivity contribution >= 4 is 73.8 Å². The van der Waals surface area contributed by atoms with Crippen LogP contribution < -0.4 is 20.1 Å². The van der Waals surface area contributed by atoms with Gasteiger partial charge in [-0.3, -0.25) is 23.9 Å². The summed E-state index contributed by atoms with van der Waals surface area (Å²) >= 11 is 3.49. The molecule has 0 radical (unpaired) electrons. The van der Waals surface area contributed by atoms with Crippen molar-refractivity contribution in [3.63, 3.8) is 0 Å². The van der Waals surface area contributed by atoms with Crippen LogP contribution >= 0.6 is 23.3 Å². The van der Waals surface area contributed by atoms with Crippen LogP contribution in [0.4, 0.5) is 0 Å². The van der Waals surface area contributed by atoms with E-state index in [1.165, 1.54) is 50.0 Å². The van der Waals surface area contributed by atoms with Gasteiger partial charge >= 0.3 is 11.9 Å². The lowest BCUT2D eigenvalue weighted by Crippen LogP contribution is -2.49. The molecule has 1 aliphatic carbocycles. The number of aliphatic hydroxyl groups excluding tert-OH is 2. The SMILES string of the molecule is COc1cc(C(=O)O[C@H](C(=O)N/C(C(=O)N/C(=C\O)C(C)=O)=C2\[C@@H](OC(C)=O)[C@H](O)[C@@H]3CN23)[C@]2(C)CO2)c2cccc(C)c2c1.c1ccc2sc(SNC3CCCCC3)nc2c1. The monoisotopic (exact) mass is 887 g/mol. The number of hydrogen-bond donors (Lipinski definition) is 5. The van der Waals surface area contributed by atoms with Crippen molar-refractivity contribution in [1.29, 1.82) is 0 Å². The number of Topliss-reactive ketones (excluding diaryl/α,β-unsaturated/α-hetero) is 1. The van der Waals surface area contributed by atoms with Gasteiger partial charge in [0.2, 0.25) is 6.10 Å². The fourth-order valence-corrected chi connectivity index (χ4v) is 9.53. The second kappa shape index (κ2) is 18.8. The Morgan fingerprint density at radius 1 is 1.03 bits per heavy atom. The molecule has 4 heterocycles. The highest BCUT2D eigenvalue weighted by molar-refractivity contribution is 7.99. The first-order valence-electron chi connectivity index (χ1n) is 20.2. The van der Waals surface area contributed by atoms with Crippen molar-refractivity contribution in [2.45, 2.75) is 100 Å². The number of methoxy groups -OCH3 is 1. The highest BCUT2D eigenvalue weighted by atomic mass is 32.2. The van der Waals surface area contributed by atoms with Gasteiger partial charge in [0, 0.05) is 26.4 Å². The summed E-state index contributed by atoms with van der Waals surface area (Å²) in [5.74, 6) is -3.95. The lowest BCUT2D eigenvalue weighted by atomic mass is 9.96. The zero-order valence-electron chi connectivity index (χ0n) is 34.9. The molecular weight excluding hydrogens is 839 g/mol.